The molecule has 88 valence electrons. The van der Waals surface area contributed by atoms with Crippen molar-refractivity contribution in [2.24, 2.45) is 5.73 Å². The fourth-order valence-corrected chi connectivity index (χ4v) is 2.56. The molecule has 1 fully saturated rings. The lowest BCUT2D eigenvalue weighted by Crippen LogP contribution is -2.42. The van der Waals surface area contributed by atoms with Crippen LogP contribution in [-0.4, -0.2) is 17.1 Å². The second-order valence-electron chi connectivity index (χ2n) is 4.63. The fraction of sp³-hybridized carbons (Fsp3) is 0.583. The molecule has 2 N–H and O–H groups in total. The number of nitrogens with zero attached hydrogens (tertiary/aromatic N) is 1. The topological polar surface area (TPSA) is 48.1 Å². The van der Waals surface area contributed by atoms with Crippen LogP contribution in [0.4, 0.5) is 0 Å². The lowest BCUT2D eigenvalue weighted by atomic mass is 10.0. The highest BCUT2D eigenvalue weighted by Gasteiger charge is 2.30. The summed E-state index contributed by atoms with van der Waals surface area (Å²) >= 11 is 3.38. The molecule has 1 aromatic heterocycles. The number of pyridine rings is 1. The third-order valence-electron chi connectivity index (χ3n) is 3.09. The van der Waals surface area contributed by atoms with Crippen LogP contribution in [0.1, 0.15) is 31.2 Å². The fourth-order valence-electron chi connectivity index (χ4n) is 2.11. The van der Waals surface area contributed by atoms with Gasteiger partial charge in [-0.15, -0.1) is 0 Å². The van der Waals surface area contributed by atoms with Gasteiger partial charge in [0, 0.05) is 16.2 Å². The molecule has 0 atom stereocenters. The van der Waals surface area contributed by atoms with Gasteiger partial charge in [0.2, 0.25) is 5.88 Å². The summed E-state index contributed by atoms with van der Waals surface area (Å²) in [4.78, 5) is 4.25. The number of aromatic nitrogens is 1. The zero-order valence-electron chi connectivity index (χ0n) is 9.50. The Bertz CT molecular complexity index is 375. The van der Waals surface area contributed by atoms with Crippen LogP contribution < -0.4 is 10.5 Å². The predicted molar refractivity (Wildman–Crippen MR) is 67.6 cm³/mol. The van der Waals surface area contributed by atoms with E-state index in [0.717, 1.165) is 22.9 Å². The normalized spacial score (nSPS) is 18.7. The van der Waals surface area contributed by atoms with E-state index >= 15 is 0 Å². The molecule has 16 heavy (non-hydrogen) atoms. The molecule has 1 heterocycles. The van der Waals surface area contributed by atoms with E-state index in [2.05, 4.69) is 20.9 Å². The third kappa shape index (κ3) is 2.74. The minimum absolute atomic E-state index is 0.138. The minimum atomic E-state index is -0.138. The largest absolute Gasteiger partial charge is 0.476 e. The van der Waals surface area contributed by atoms with Gasteiger partial charge < -0.3 is 10.5 Å². The number of aryl methyl sites for hydroxylation is 1. The van der Waals surface area contributed by atoms with Crippen LogP contribution in [-0.2, 0) is 0 Å². The number of rotatable bonds is 3. The minimum Gasteiger partial charge on any atom is -0.476 e. The summed E-state index contributed by atoms with van der Waals surface area (Å²) in [6.07, 6.45) is 6.30. The van der Waals surface area contributed by atoms with Crippen molar-refractivity contribution in [1.82, 2.24) is 4.98 Å². The van der Waals surface area contributed by atoms with Gasteiger partial charge in [-0.2, -0.15) is 0 Å². The molecule has 0 saturated heterocycles. The van der Waals surface area contributed by atoms with Crippen LogP contribution in [0, 0.1) is 6.92 Å². The maximum Gasteiger partial charge on any atom is 0.216 e. The van der Waals surface area contributed by atoms with E-state index in [0.29, 0.717) is 12.5 Å². The van der Waals surface area contributed by atoms with Gasteiger partial charge in [-0.1, -0.05) is 12.8 Å². The van der Waals surface area contributed by atoms with Crippen molar-refractivity contribution in [1.29, 1.82) is 0 Å². The van der Waals surface area contributed by atoms with E-state index in [9.17, 15) is 0 Å². The Labute approximate surface area is 105 Å². The zero-order valence-corrected chi connectivity index (χ0v) is 11.1. The molecular weight excluding hydrogens is 268 g/mol. The van der Waals surface area contributed by atoms with Crippen molar-refractivity contribution in [3.05, 3.63) is 22.3 Å². The van der Waals surface area contributed by atoms with Crippen LogP contribution in [0.3, 0.4) is 0 Å². The molecule has 4 heteroatoms. The maximum absolute atomic E-state index is 6.22. The number of hydrogen-bond acceptors (Lipinski definition) is 3. The van der Waals surface area contributed by atoms with Crippen molar-refractivity contribution >= 4 is 15.9 Å². The van der Waals surface area contributed by atoms with Crippen molar-refractivity contribution < 1.29 is 4.74 Å². The number of nitrogens with two attached hydrogens (primary N) is 1. The average Bonchev–Trinajstić information content (AvgIpc) is 2.64. The molecule has 3 nitrogen and oxygen atoms in total. The summed E-state index contributed by atoms with van der Waals surface area (Å²) < 4.78 is 6.69. The maximum atomic E-state index is 6.22. The average molecular weight is 285 g/mol. The van der Waals surface area contributed by atoms with Crippen molar-refractivity contribution in [2.45, 2.75) is 38.1 Å². The van der Waals surface area contributed by atoms with Gasteiger partial charge in [-0.05, 0) is 41.8 Å². The molecule has 1 saturated carbocycles. The van der Waals surface area contributed by atoms with Crippen LogP contribution in [0.2, 0.25) is 0 Å². The SMILES string of the molecule is Cc1cc(Br)cnc1OCC1(N)CCCC1. The zero-order chi connectivity index (χ0) is 11.6. The van der Waals surface area contributed by atoms with E-state index in [-0.39, 0.29) is 5.54 Å². The number of halogens is 1. The highest BCUT2D eigenvalue weighted by atomic mass is 79.9. The first kappa shape index (κ1) is 11.9. The predicted octanol–water partition coefficient (Wildman–Crippen LogP) is 2.80. The van der Waals surface area contributed by atoms with Gasteiger partial charge in [0.1, 0.15) is 6.61 Å². The molecule has 1 aromatic rings. The van der Waals surface area contributed by atoms with Crippen molar-refractivity contribution in [3.8, 4) is 5.88 Å². The summed E-state index contributed by atoms with van der Waals surface area (Å²) in [6.45, 7) is 2.56. The Morgan fingerprint density at radius 2 is 2.19 bits per heavy atom. The Balaban J connectivity index is 1.99. The molecule has 0 amide bonds. The molecule has 0 aromatic carbocycles. The van der Waals surface area contributed by atoms with E-state index in [1.54, 1.807) is 6.20 Å². The molecule has 0 spiro atoms. The van der Waals surface area contributed by atoms with Crippen LogP contribution in [0.15, 0.2) is 16.7 Å². The Kier molecular flexibility index (Phi) is 3.50. The second-order valence-corrected chi connectivity index (χ2v) is 5.55. The number of ether oxygens (including phenoxy) is 1. The number of hydrogen-bond donors (Lipinski definition) is 1. The Hall–Kier alpha value is -0.610. The first-order valence-corrected chi connectivity index (χ1v) is 6.42. The van der Waals surface area contributed by atoms with Gasteiger partial charge in [0.25, 0.3) is 0 Å². The highest BCUT2D eigenvalue weighted by Crippen LogP contribution is 2.28. The molecule has 0 bridgehead atoms. The standard InChI is InChI=1S/C12H17BrN2O/c1-9-6-10(13)7-15-11(9)16-8-12(14)4-2-3-5-12/h6-7H,2-5,8,14H2,1H3. The van der Waals surface area contributed by atoms with Crippen LogP contribution >= 0.6 is 15.9 Å². The highest BCUT2D eigenvalue weighted by molar-refractivity contribution is 9.10. The molecule has 0 aliphatic heterocycles. The van der Waals surface area contributed by atoms with Crippen LogP contribution in [0.25, 0.3) is 0 Å². The molecule has 0 radical (unpaired) electrons. The van der Waals surface area contributed by atoms with Crippen molar-refractivity contribution in [2.75, 3.05) is 6.61 Å². The molecule has 0 unspecified atom stereocenters. The summed E-state index contributed by atoms with van der Waals surface area (Å²) in [7, 11) is 0. The molecule has 1 aliphatic rings. The Morgan fingerprint density at radius 3 is 2.81 bits per heavy atom. The lowest BCUT2D eigenvalue weighted by molar-refractivity contribution is 0.212. The molecule has 2 rings (SSSR count). The first-order chi connectivity index (χ1) is 7.59. The lowest BCUT2D eigenvalue weighted by Gasteiger charge is -2.23. The van der Waals surface area contributed by atoms with E-state index in [1.807, 2.05) is 13.0 Å². The van der Waals surface area contributed by atoms with E-state index in [1.165, 1.54) is 12.8 Å². The van der Waals surface area contributed by atoms with Crippen molar-refractivity contribution in [3.63, 3.8) is 0 Å². The summed E-state index contributed by atoms with van der Waals surface area (Å²) in [5, 5.41) is 0. The van der Waals surface area contributed by atoms with Crippen LogP contribution in [0.5, 0.6) is 5.88 Å². The van der Waals surface area contributed by atoms with E-state index < -0.39 is 0 Å². The van der Waals surface area contributed by atoms with Gasteiger partial charge >= 0.3 is 0 Å². The second kappa shape index (κ2) is 4.72. The summed E-state index contributed by atoms with van der Waals surface area (Å²) in [6, 6.07) is 2.00. The summed E-state index contributed by atoms with van der Waals surface area (Å²) in [5.74, 6) is 0.694. The van der Waals surface area contributed by atoms with Gasteiger partial charge in [0.15, 0.2) is 0 Å². The first-order valence-electron chi connectivity index (χ1n) is 5.63. The molecule has 1 aliphatic carbocycles. The summed E-state index contributed by atoms with van der Waals surface area (Å²) in [5.41, 5.74) is 7.13. The third-order valence-corrected chi connectivity index (χ3v) is 3.53. The van der Waals surface area contributed by atoms with Gasteiger partial charge in [0.05, 0.1) is 5.54 Å². The van der Waals surface area contributed by atoms with Gasteiger partial charge in [-0.3, -0.25) is 0 Å². The quantitative estimate of drug-likeness (QED) is 0.929. The Morgan fingerprint density at radius 1 is 1.50 bits per heavy atom. The smallest absolute Gasteiger partial charge is 0.216 e. The van der Waals surface area contributed by atoms with Gasteiger partial charge in [-0.25, -0.2) is 4.98 Å². The van der Waals surface area contributed by atoms with E-state index in [4.69, 9.17) is 10.5 Å². The molecular formula is C12H17BrN2O. The monoisotopic (exact) mass is 284 g/mol.